The molecule has 2 rings (SSSR count). The summed E-state index contributed by atoms with van der Waals surface area (Å²) in [6, 6.07) is 7.24. The summed E-state index contributed by atoms with van der Waals surface area (Å²) in [5.41, 5.74) is 0.968. The number of halogens is 3. The van der Waals surface area contributed by atoms with Crippen LogP contribution in [0.5, 0.6) is 0 Å². The Morgan fingerprint density at radius 1 is 0.765 bits per heavy atom. The minimum Gasteiger partial charge on any atom is -0.206 e. The maximum absolute atomic E-state index is 13.7. The maximum Gasteiger partial charge on any atom is 0.167 e. The first-order chi connectivity index (χ1) is 8.00. The van der Waals surface area contributed by atoms with Crippen LogP contribution in [-0.2, 0) is 0 Å². The average Bonchev–Trinajstić information content (AvgIpc) is 2.28. The molecule has 0 heterocycles. The average molecular weight is 236 g/mol. The van der Waals surface area contributed by atoms with Gasteiger partial charge in [0.1, 0.15) is 5.82 Å². The van der Waals surface area contributed by atoms with Crippen LogP contribution in [0.15, 0.2) is 30.3 Å². The smallest absolute Gasteiger partial charge is 0.167 e. The van der Waals surface area contributed by atoms with E-state index in [2.05, 4.69) is 0 Å². The van der Waals surface area contributed by atoms with Gasteiger partial charge in [0.2, 0.25) is 0 Å². The van der Waals surface area contributed by atoms with Crippen LogP contribution in [0.3, 0.4) is 0 Å². The zero-order chi connectivity index (χ0) is 12.6. The predicted octanol–water partition coefficient (Wildman–Crippen LogP) is 4.39. The van der Waals surface area contributed by atoms with Crippen molar-refractivity contribution in [3.63, 3.8) is 0 Å². The first-order valence-electron chi connectivity index (χ1n) is 5.22. The highest BCUT2D eigenvalue weighted by Crippen LogP contribution is 2.28. The van der Waals surface area contributed by atoms with Gasteiger partial charge < -0.3 is 0 Å². The lowest BCUT2D eigenvalue weighted by Crippen LogP contribution is -1.95. The maximum atomic E-state index is 13.7. The molecule has 17 heavy (non-hydrogen) atoms. The third-order valence-corrected chi connectivity index (χ3v) is 2.69. The van der Waals surface area contributed by atoms with Gasteiger partial charge in [-0.05, 0) is 31.0 Å². The fraction of sp³-hybridized carbons (Fsp3) is 0.143. The van der Waals surface area contributed by atoms with Crippen LogP contribution in [0.25, 0.3) is 11.1 Å². The summed E-state index contributed by atoms with van der Waals surface area (Å²) in [4.78, 5) is 0. The molecule has 0 aliphatic rings. The topological polar surface area (TPSA) is 0 Å². The second kappa shape index (κ2) is 4.24. The Hall–Kier alpha value is -1.77. The van der Waals surface area contributed by atoms with Crippen LogP contribution >= 0.6 is 0 Å². The second-order valence-electron chi connectivity index (χ2n) is 4.04. The SMILES string of the molecule is Cc1ccc(-c2ccc(C)c(F)c2F)c(F)c1. The number of hydrogen-bond donors (Lipinski definition) is 0. The van der Waals surface area contributed by atoms with Crippen molar-refractivity contribution < 1.29 is 13.2 Å². The van der Waals surface area contributed by atoms with Crippen molar-refractivity contribution >= 4 is 0 Å². The van der Waals surface area contributed by atoms with E-state index in [1.807, 2.05) is 0 Å². The zero-order valence-electron chi connectivity index (χ0n) is 9.52. The first kappa shape index (κ1) is 11.7. The summed E-state index contributed by atoms with van der Waals surface area (Å²) in [6.45, 7) is 3.20. The summed E-state index contributed by atoms with van der Waals surface area (Å²) in [5, 5.41) is 0. The molecular weight excluding hydrogens is 225 g/mol. The summed E-state index contributed by atoms with van der Waals surface area (Å²) < 4.78 is 40.7. The molecule has 0 aliphatic heterocycles. The van der Waals surface area contributed by atoms with E-state index in [-0.39, 0.29) is 16.7 Å². The van der Waals surface area contributed by atoms with Crippen LogP contribution in [-0.4, -0.2) is 0 Å². The Bertz CT molecular complexity index is 574. The Morgan fingerprint density at radius 2 is 1.41 bits per heavy atom. The Labute approximate surface area is 97.7 Å². The van der Waals surface area contributed by atoms with Crippen molar-refractivity contribution in [3.8, 4) is 11.1 Å². The van der Waals surface area contributed by atoms with E-state index in [4.69, 9.17) is 0 Å². The van der Waals surface area contributed by atoms with E-state index < -0.39 is 17.5 Å². The van der Waals surface area contributed by atoms with Gasteiger partial charge in [-0.15, -0.1) is 0 Å². The van der Waals surface area contributed by atoms with Crippen LogP contribution in [0.4, 0.5) is 13.2 Å². The van der Waals surface area contributed by atoms with Gasteiger partial charge in [-0.2, -0.15) is 0 Å². The Balaban J connectivity index is 2.65. The minimum absolute atomic E-state index is 0.0504. The Kier molecular flexibility index (Phi) is 2.92. The monoisotopic (exact) mass is 236 g/mol. The van der Waals surface area contributed by atoms with Gasteiger partial charge >= 0.3 is 0 Å². The van der Waals surface area contributed by atoms with Crippen LogP contribution in [0.1, 0.15) is 11.1 Å². The van der Waals surface area contributed by atoms with Gasteiger partial charge in [0.25, 0.3) is 0 Å². The third kappa shape index (κ3) is 2.05. The summed E-state index contributed by atoms with van der Waals surface area (Å²) in [6.07, 6.45) is 0. The van der Waals surface area contributed by atoms with Crippen molar-refractivity contribution in [2.24, 2.45) is 0 Å². The number of hydrogen-bond acceptors (Lipinski definition) is 0. The van der Waals surface area contributed by atoms with Crippen molar-refractivity contribution in [3.05, 3.63) is 58.9 Å². The molecule has 0 radical (unpaired) electrons. The minimum atomic E-state index is -1.01. The molecule has 0 spiro atoms. The van der Waals surface area contributed by atoms with Gasteiger partial charge in [0.15, 0.2) is 11.6 Å². The normalized spacial score (nSPS) is 10.6. The van der Waals surface area contributed by atoms with Gasteiger partial charge in [-0.3, -0.25) is 0 Å². The van der Waals surface area contributed by atoms with E-state index in [1.165, 1.54) is 31.2 Å². The van der Waals surface area contributed by atoms with Gasteiger partial charge in [-0.1, -0.05) is 24.3 Å². The molecule has 0 aliphatic carbocycles. The third-order valence-electron chi connectivity index (χ3n) is 2.69. The van der Waals surface area contributed by atoms with Gasteiger partial charge in [-0.25, -0.2) is 13.2 Å². The molecule has 88 valence electrons. The molecule has 0 bridgehead atoms. The lowest BCUT2D eigenvalue weighted by Gasteiger charge is -2.08. The Morgan fingerprint density at radius 3 is 2.06 bits per heavy atom. The highest BCUT2D eigenvalue weighted by atomic mass is 19.2. The first-order valence-corrected chi connectivity index (χ1v) is 5.22. The molecule has 0 amide bonds. The molecule has 0 saturated carbocycles. The van der Waals surface area contributed by atoms with Gasteiger partial charge in [0.05, 0.1) is 0 Å². The molecule has 0 saturated heterocycles. The van der Waals surface area contributed by atoms with E-state index >= 15 is 0 Å². The van der Waals surface area contributed by atoms with Crippen molar-refractivity contribution in [2.75, 3.05) is 0 Å². The van der Waals surface area contributed by atoms with E-state index in [9.17, 15) is 13.2 Å². The molecule has 0 aromatic heterocycles. The second-order valence-corrected chi connectivity index (χ2v) is 4.04. The van der Waals surface area contributed by atoms with E-state index in [0.29, 0.717) is 0 Å². The summed E-state index contributed by atoms with van der Waals surface area (Å²) in [5.74, 6) is -2.48. The molecule has 0 unspecified atom stereocenters. The molecule has 0 nitrogen and oxygen atoms in total. The molecular formula is C14H11F3. The fourth-order valence-electron chi connectivity index (χ4n) is 1.69. The quantitative estimate of drug-likeness (QED) is 0.689. The van der Waals surface area contributed by atoms with E-state index in [1.54, 1.807) is 13.0 Å². The fourth-order valence-corrected chi connectivity index (χ4v) is 1.69. The predicted molar refractivity (Wildman–Crippen MR) is 61.2 cm³/mol. The molecule has 0 atom stereocenters. The summed E-state index contributed by atoms with van der Waals surface area (Å²) >= 11 is 0. The highest BCUT2D eigenvalue weighted by molar-refractivity contribution is 5.65. The number of rotatable bonds is 1. The van der Waals surface area contributed by atoms with Crippen molar-refractivity contribution in [1.29, 1.82) is 0 Å². The van der Waals surface area contributed by atoms with Crippen LogP contribution < -0.4 is 0 Å². The molecule has 2 aromatic rings. The molecule has 2 aromatic carbocycles. The van der Waals surface area contributed by atoms with Crippen LogP contribution in [0.2, 0.25) is 0 Å². The molecule has 3 heteroatoms. The molecule has 0 fully saturated rings. The van der Waals surface area contributed by atoms with Crippen LogP contribution in [0, 0.1) is 31.3 Å². The van der Waals surface area contributed by atoms with Crippen molar-refractivity contribution in [1.82, 2.24) is 0 Å². The highest BCUT2D eigenvalue weighted by Gasteiger charge is 2.15. The lowest BCUT2D eigenvalue weighted by atomic mass is 10.0. The standard InChI is InChI=1S/C14H11F3/c1-8-3-5-10(12(15)7-8)11-6-4-9(2)13(16)14(11)17/h3-7H,1-2H3. The zero-order valence-corrected chi connectivity index (χ0v) is 9.52. The van der Waals surface area contributed by atoms with Crippen molar-refractivity contribution in [2.45, 2.75) is 13.8 Å². The number of aryl methyl sites for hydroxylation is 2. The lowest BCUT2D eigenvalue weighted by molar-refractivity contribution is 0.504. The van der Waals surface area contributed by atoms with Gasteiger partial charge in [0, 0.05) is 11.1 Å². The molecule has 0 N–H and O–H groups in total. The van der Waals surface area contributed by atoms with E-state index in [0.717, 1.165) is 5.56 Å². The summed E-state index contributed by atoms with van der Waals surface area (Å²) in [7, 11) is 0. The number of benzene rings is 2. The largest absolute Gasteiger partial charge is 0.206 e.